The Balaban J connectivity index is 1.82. The molecule has 3 heteroatoms. The van der Waals surface area contributed by atoms with Crippen LogP contribution in [0.25, 0.3) is 0 Å². The van der Waals surface area contributed by atoms with Gasteiger partial charge in [0.25, 0.3) is 0 Å². The lowest BCUT2D eigenvalue weighted by molar-refractivity contribution is -0.152. The molecule has 16 heavy (non-hydrogen) atoms. The minimum absolute atomic E-state index is 0.151. The van der Waals surface area contributed by atoms with Crippen LogP contribution in [-0.2, 0) is 16.0 Å². The summed E-state index contributed by atoms with van der Waals surface area (Å²) in [6, 6.07) is 9.89. The molecule has 2 nitrogen and oxygen atoms in total. The molecule has 86 valence electrons. The van der Waals surface area contributed by atoms with Crippen LogP contribution in [-0.4, -0.2) is 17.3 Å². The van der Waals surface area contributed by atoms with Crippen molar-refractivity contribution in [1.82, 2.24) is 0 Å². The standard InChI is InChI=1S/C13H16O2S/c14-13(15-11-7-4-8-11)12(16)9-10-5-2-1-3-6-10/h1-3,5-6,11-12,16H,4,7-9H2. The van der Waals surface area contributed by atoms with Crippen LogP contribution in [0.1, 0.15) is 24.8 Å². The topological polar surface area (TPSA) is 26.3 Å². The van der Waals surface area contributed by atoms with E-state index in [4.69, 9.17) is 4.74 Å². The first-order valence-corrected chi connectivity index (χ1v) is 6.20. The Labute approximate surface area is 101 Å². The van der Waals surface area contributed by atoms with E-state index < -0.39 is 0 Å². The summed E-state index contributed by atoms with van der Waals surface area (Å²) in [5.41, 5.74) is 1.12. The summed E-state index contributed by atoms with van der Waals surface area (Å²) in [6.07, 6.45) is 3.98. The second-order valence-electron chi connectivity index (χ2n) is 4.20. The van der Waals surface area contributed by atoms with Crippen molar-refractivity contribution >= 4 is 18.6 Å². The highest BCUT2D eigenvalue weighted by Gasteiger charge is 2.25. The molecule has 1 saturated carbocycles. The highest BCUT2D eigenvalue weighted by Crippen LogP contribution is 2.23. The summed E-state index contributed by atoms with van der Waals surface area (Å²) < 4.78 is 5.30. The van der Waals surface area contributed by atoms with Crippen LogP contribution in [0.3, 0.4) is 0 Å². The van der Waals surface area contributed by atoms with Crippen molar-refractivity contribution in [2.75, 3.05) is 0 Å². The van der Waals surface area contributed by atoms with E-state index in [1.807, 2.05) is 30.3 Å². The first-order valence-electron chi connectivity index (χ1n) is 5.68. The molecule has 1 aliphatic carbocycles. The normalized spacial score (nSPS) is 17.6. The maximum absolute atomic E-state index is 11.7. The van der Waals surface area contributed by atoms with Gasteiger partial charge in [-0.25, -0.2) is 0 Å². The largest absolute Gasteiger partial charge is 0.462 e. The fourth-order valence-electron chi connectivity index (χ4n) is 1.65. The lowest BCUT2D eigenvalue weighted by atomic mass is 9.96. The van der Waals surface area contributed by atoms with Crippen LogP contribution in [0.2, 0.25) is 0 Å². The number of benzene rings is 1. The van der Waals surface area contributed by atoms with Crippen LogP contribution in [0.15, 0.2) is 30.3 Å². The fourth-order valence-corrected chi connectivity index (χ4v) is 1.92. The van der Waals surface area contributed by atoms with Crippen LogP contribution in [0.5, 0.6) is 0 Å². The number of thiol groups is 1. The van der Waals surface area contributed by atoms with Crippen LogP contribution in [0, 0.1) is 0 Å². The average molecular weight is 236 g/mol. The lowest BCUT2D eigenvalue weighted by Crippen LogP contribution is -2.30. The Hall–Kier alpha value is -0.960. The number of ether oxygens (including phenoxy) is 1. The van der Waals surface area contributed by atoms with Gasteiger partial charge in [-0.05, 0) is 31.2 Å². The van der Waals surface area contributed by atoms with E-state index in [2.05, 4.69) is 12.6 Å². The van der Waals surface area contributed by atoms with Crippen molar-refractivity contribution in [3.8, 4) is 0 Å². The van der Waals surface area contributed by atoms with E-state index in [9.17, 15) is 4.79 Å². The number of rotatable bonds is 4. The summed E-state index contributed by atoms with van der Waals surface area (Å²) in [5, 5.41) is -0.344. The molecule has 0 spiro atoms. The third-order valence-corrected chi connectivity index (χ3v) is 3.27. The molecule has 1 aliphatic rings. The van der Waals surface area contributed by atoms with Gasteiger partial charge in [-0.3, -0.25) is 4.79 Å². The zero-order valence-electron chi connectivity index (χ0n) is 9.13. The highest BCUT2D eigenvalue weighted by atomic mass is 32.1. The van der Waals surface area contributed by atoms with Crippen molar-refractivity contribution < 1.29 is 9.53 Å². The van der Waals surface area contributed by atoms with Gasteiger partial charge in [0.15, 0.2) is 0 Å². The van der Waals surface area contributed by atoms with Gasteiger partial charge in [-0.15, -0.1) is 0 Å². The van der Waals surface area contributed by atoms with Gasteiger partial charge < -0.3 is 4.74 Å². The molecule has 0 amide bonds. The van der Waals surface area contributed by atoms with E-state index in [-0.39, 0.29) is 17.3 Å². The lowest BCUT2D eigenvalue weighted by Gasteiger charge is -2.26. The first-order chi connectivity index (χ1) is 7.75. The van der Waals surface area contributed by atoms with E-state index in [1.165, 1.54) is 6.42 Å². The quantitative estimate of drug-likeness (QED) is 0.642. The molecule has 0 aromatic heterocycles. The zero-order valence-corrected chi connectivity index (χ0v) is 10.0. The molecule has 1 unspecified atom stereocenters. The molecule has 1 aromatic rings. The Morgan fingerprint density at radius 2 is 2.06 bits per heavy atom. The molecule has 0 saturated heterocycles. The van der Waals surface area contributed by atoms with Gasteiger partial charge in [0.05, 0.1) is 0 Å². The molecule has 1 atom stereocenters. The smallest absolute Gasteiger partial charge is 0.319 e. The first kappa shape index (κ1) is 11.5. The molecule has 0 heterocycles. The Morgan fingerprint density at radius 3 is 2.62 bits per heavy atom. The number of esters is 1. The zero-order chi connectivity index (χ0) is 11.4. The van der Waals surface area contributed by atoms with Gasteiger partial charge in [0.1, 0.15) is 11.4 Å². The molecule has 0 N–H and O–H groups in total. The third kappa shape index (κ3) is 3.01. The van der Waals surface area contributed by atoms with Crippen molar-refractivity contribution in [2.45, 2.75) is 37.0 Å². The molecular formula is C13H16O2S. The van der Waals surface area contributed by atoms with Crippen LogP contribution >= 0.6 is 12.6 Å². The molecule has 1 fully saturated rings. The minimum atomic E-state index is -0.344. The number of hydrogen-bond acceptors (Lipinski definition) is 3. The van der Waals surface area contributed by atoms with Crippen molar-refractivity contribution in [1.29, 1.82) is 0 Å². The summed E-state index contributed by atoms with van der Waals surface area (Å²) in [5.74, 6) is -0.183. The Bertz CT molecular complexity index is 346. The third-order valence-electron chi connectivity index (χ3n) is 2.88. The minimum Gasteiger partial charge on any atom is -0.462 e. The fraction of sp³-hybridized carbons (Fsp3) is 0.462. The predicted molar refractivity (Wildman–Crippen MR) is 66.7 cm³/mol. The van der Waals surface area contributed by atoms with Gasteiger partial charge in [0.2, 0.25) is 0 Å². The Morgan fingerprint density at radius 1 is 1.38 bits per heavy atom. The van der Waals surface area contributed by atoms with E-state index in [1.54, 1.807) is 0 Å². The predicted octanol–water partition coefficient (Wildman–Crippen LogP) is 2.62. The van der Waals surface area contributed by atoms with Crippen molar-refractivity contribution in [3.63, 3.8) is 0 Å². The summed E-state index contributed by atoms with van der Waals surface area (Å²) in [7, 11) is 0. The second-order valence-corrected chi connectivity index (χ2v) is 4.82. The SMILES string of the molecule is O=C(OC1CCC1)C(S)Cc1ccccc1. The second kappa shape index (κ2) is 5.39. The Kier molecular flexibility index (Phi) is 3.88. The summed E-state index contributed by atoms with van der Waals surface area (Å²) in [6.45, 7) is 0. The maximum Gasteiger partial charge on any atom is 0.319 e. The van der Waals surface area contributed by atoms with Crippen molar-refractivity contribution in [2.24, 2.45) is 0 Å². The summed E-state index contributed by atoms with van der Waals surface area (Å²) >= 11 is 4.30. The summed E-state index contributed by atoms with van der Waals surface area (Å²) in [4.78, 5) is 11.7. The molecule has 2 rings (SSSR count). The van der Waals surface area contributed by atoms with Crippen LogP contribution < -0.4 is 0 Å². The maximum atomic E-state index is 11.7. The van der Waals surface area contributed by atoms with Gasteiger partial charge in [-0.1, -0.05) is 30.3 Å². The number of carbonyl (C=O) groups excluding carboxylic acids is 1. The monoisotopic (exact) mass is 236 g/mol. The molecule has 0 radical (unpaired) electrons. The van der Waals surface area contributed by atoms with Crippen LogP contribution in [0.4, 0.5) is 0 Å². The van der Waals surface area contributed by atoms with Gasteiger partial charge in [0, 0.05) is 0 Å². The van der Waals surface area contributed by atoms with Crippen molar-refractivity contribution in [3.05, 3.63) is 35.9 Å². The molecular weight excluding hydrogens is 220 g/mol. The molecule has 1 aromatic carbocycles. The van der Waals surface area contributed by atoms with Gasteiger partial charge in [-0.2, -0.15) is 12.6 Å². The van der Waals surface area contributed by atoms with E-state index >= 15 is 0 Å². The van der Waals surface area contributed by atoms with E-state index in [0.717, 1.165) is 18.4 Å². The van der Waals surface area contributed by atoms with Gasteiger partial charge >= 0.3 is 5.97 Å². The van der Waals surface area contributed by atoms with E-state index in [0.29, 0.717) is 6.42 Å². The number of carbonyl (C=O) groups is 1. The molecule has 0 aliphatic heterocycles. The highest BCUT2D eigenvalue weighted by molar-refractivity contribution is 7.81. The average Bonchev–Trinajstić information content (AvgIpc) is 2.24. The molecule has 0 bridgehead atoms. The number of hydrogen-bond donors (Lipinski definition) is 1.